The third kappa shape index (κ3) is 7.17. The summed E-state index contributed by atoms with van der Waals surface area (Å²) in [5.74, 6) is -1.86. The molecule has 0 aliphatic carbocycles. The maximum atomic E-state index is 12.9. The van der Waals surface area contributed by atoms with Crippen molar-refractivity contribution in [3.8, 4) is 16.9 Å². The number of piperidine rings is 1. The second-order valence-electron chi connectivity index (χ2n) is 10.2. The molecule has 7 nitrogen and oxygen atoms in total. The summed E-state index contributed by atoms with van der Waals surface area (Å²) in [5, 5.41) is 14.0. The second-order valence-corrected chi connectivity index (χ2v) is 10.2. The molecule has 1 saturated heterocycles. The zero-order chi connectivity index (χ0) is 26.0. The minimum atomic E-state index is -5.08. The van der Waals surface area contributed by atoms with Crippen molar-refractivity contribution in [3.05, 3.63) is 47.8 Å². The smallest absolute Gasteiger partial charge is 0.490 e. The summed E-state index contributed by atoms with van der Waals surface area (Å²) in [6.45, 7) is 9.49. The Morgan fingerprint density at radius 1 is 1.09 bits per heavy atom. The number of aromatic nitrogens is 1. The first-order valence-electron chi connectivity index (χ1n) is 11.3. The van der Waals surface area contributed by atoms with Gasteiger partial charge in [0.05, 0.1) is 12.2 Å². The third-order valence-electron chi connectivity index (χ3n) is 5.79. The van der Waals surface area contributed by atoms with Gasteiger partial charge in [0, 0.05) is 41.5 Å². The molecule has 0 saturated carbocycles. The number of carbonyl (C=O) groups is 2. The van der Waals surface area contributed by atoms with Gasteiger partial charge in [0.15, 0.2) is 0 Å². The number of hydrogen-bond donors (Lipinski definition) is 3. The summed E-state index contributed by atoms with van der Waals surface area (Å²) in [4.78, 5) is 26.1. The van der Waals surface area contributed by atoms with Crippen LogP contribution in [0.15, 0.2) is 36.7 Å². The van der Waals surface area contributed by atoms with Gasteiger partial charge in [0.25, 0.3) is 5.91 Å². The second kappa shape index (κ2) is 9.85. The molecule has 0 spiro atoms. The molecule has 0 unspecified atom stereocenters. The Morgan fingerprint density at radius 3 is 2.31 bits per heavy atom. The molecule has 3 N–H and O–H groups in total. The first-order chi connectivity index (χ1) is 16.2. The average Bonchev–Trinajstić information content (AvgIpc) is 3.19. The fraction of sp³-hybridized carbons (Fsp3) is 0.480. The van der Waals surface area contributed by atoms with Gasteiger partial charge in [-0.05, 0) is 69.9 Å². The molecule has 1 fully saturated rings. The van der Waals surface area contributed by atoms with Crippen LogP contribution < -0.4 is 15.4 Å². The third-order valence-corrected chi connectivity index (χ3v) is 5.79. The molecule has 1 aromatic heterocycles. The normalized spacial score (nSPS) is 18.5. The van der Waals surface area contributed by atoms with E-state index >= 15 is 0 Å². The number of fused-ring (bicyclic) bond motifs is 1. The van der Waals surface area contributed by atoms with Crippen molar-refractivity contribution in [2.45, 2.75) is 70.3 Å². The quantitative estimate of drug-likeness (QED) is 0.588. The lowest BCUT2D eigenvalue weighted by atomic mass is 9.79. The molecular weight excluding hydrogens is 463 g/mol. The summed E-state index contributed by atoms with van der Waals surface area (Å²) in [7, 11) is 0. The number of carboxylic acids is 1. The lowest BCUT2D eigenvalue weighted by Crippen LogP contribution is -2.62. The lowest BCUT2D eigenvalue weighted by Gasteiger charge is -2.46. The molecule has 190 valence electrons. The number of carbonyl (C=O) groups excluding carboxylic acids is 1. The molecule has 2 aliphatic rings. The largest absolute Gasteiger partial charge is 0.493 e. The number of alkyl halides is 3. The number of carboxylic acid groups (broad SMARTS) is 1. The maximum Gasteiger partial charge on any atom is 0.490 e. The van der Waals surface area contributed by atoms with Crippen LogP contribution in [0, 0.1) is 0 Å². The predicted octanol–water partition coefficient (Wildman–Crippen LogP) is 4.36. The Labute approximate surface area is 202 Å². The molecular formula is C25H30F3N3O4. The zero-order valence-electron chi connectivity index (χ0n) is 20.1. The Balaban J connectivity index is 0.000000429. The van der Waals surface area contributed by atoms with E-state index in [1.807, 2.05) is 24.4 Å². The highest BCUT2D eigenvalue weighted by Crippen LogP contribution is 2.31. The van der Waals surface area contributed by atoms with E-state index in [1.165, 1.54) is 5.56 Å². The minimum absolute atomic E-state index is 0.00766. The SMILES string of the molecule is CC1(C)CC(NC(=O)c2cncc(-c3ccc4c(c3)CCO4)c2)CC(C)(C)N1.O=C(O)C(F)(F)F. The number of pyridine rings is 1. The molecule has 35 heavy (non-hydrogen) atoms. The van der Waals surface area contributed by atoms with Crippen LogP contribution in [0.1, 0.15) is 56.5 Å². The molecule has 10 heteroatoms. The number of nitrogens with zero attached hydrogens (tertiary/aromatic N) is 1. The van der Waals surface area contributed by atoms with Crippen molar-refractivity contribution < 1.29 is 32.6 Å². The van der Waals surface area contributed by atoms with Gasteiger partial charge < -0.3 is 20.5 Å². The molecule has 0 radical (unpaired) electrons. The molecule has 3 heterocycles. The summed E-state index contributed by atoms with van der Waals surface area (Å²) >= 11 is 0. The first-order valence-corrected chi connectivity index (χ1v) is 11.3. The summed E-state index contributed by atoms with van der Waals surface area (Å²) < 4.78 is 37.3. The summed E-state index contributed by atoms with van der Waals surface area (Å²) in [5.41, 5.74) is 3.82. The molecule has 0 atom stereocenters. The van der Waals surface area contributed by atoms with Crippen LogP contribution in [-0.4, -0.2) is 51.9 Å². The van der Waals surface area contributed by atoms with Crippen molar-refractivity contribution in [1.29, 1.82) is 0 Å². The Hall–Kier alpha value is -3.14. The number of rotatable bonds is 3. The van der Waals surface area contributed by atoms with Gasteiger partial charge >= 0.3 is 12.1 Å². The van der Waals surface area contributed by atoms with E-state index in [2.05, 4.69) is 49.4 Å². The lowest BCUT2D eigenvalue weighted by molar-refractivity contribution is -0.192. The maximum absolute atomic E-state index is 12.9. The fourth-order valence-corrected chi connectivity index (χ4v) is 4.78. The van der Waals surface area contributed by atoms with Crippen molar-refractivity contribution in [3.63, 3.8) is 0 Å². The van der Waals surface area contributed by atoms with E-state index in [0.717, 1.165) is 42.7 Å². The Morgan fingerprint density at radius 2 is 1.71 bits per heavy atom. The highest BCUT2D eigenvalue weighted by atomic mass is 19.4. The van der Waals surface area contributed by atoms with Crippen LogP contribution in [0.2, 0.25) is 0 Å². The number of hydrogen-bond acceptors (Lipinski definition) is 5. The number of nitrogens with one attached hydrogen (secondary N) is 2. The zero-order valence-corrected chi connectivity index (χ0v) is 20.1. The first kappa shape index (κ1) is 26.5. The van der Waals surface area contributed by atoms with Crippen molar-refractivity contribution in [2.75, 3.05) is 6.61 Å². The average molecular weight is 494 g/mol. The fourth-order valence-electron chi connectivity index (χ4n) is 4.78. The number of amides is 1. The standard InChI is InChI=1S/C23H29N3O2.C2HF3O2/c1-22(2)11-19(12-23(3,4)26-22)25-21(27)18-10-17(13-24-14-18)15-5-6-20-16(9-15)7-8-28-20;3-2(4,5)1(6)7/h5-6,9-10,13-14,19,26H,7-8,11-12H2,1-4H3,(H,25,27);(H,6,7). The van der Waals surface area contributed by atoms with Gasteiger partial charge in [0.2, 0.25) is 0 Å². The highest BCUT2D eigenvalue weighted by molar-refractivity contribution is 5.95. The monoisotopic (exact) mass is 493 g/mol. The molecule has 0 bridgehead atoms. The molecule has 2 aromatic rings. The van der Waals surface area contributed by atoms with Crippen molar-refractivity contribution in [1.82, 2.24) is 15.6 Å². The number of aliphatic carboxylic acids is 1. The predicted molar refractivity (Wildman–Crippen MR) is 124 cm³/mol. The Kier molecular flexibility index (Phi) is 7.45. The van der Waals surface area contributed by atoms with Crippen LogP contribution in [0.3, 0.4) is 0 Å². The van der Waals surface area contributed by atoms with Gasteiger partial charge in [-0.1, -0.05) is 6.07 Å². The van der Waals surface area contributed by atoms with Crippen LogP contribution >= 0.6 is 0 Å². The van der Waals surface area contributed by atoms with E-state index in [1.54, 1.807) is 6.20 Å². The van der Waals surface area contributed by atoms with E-state index in [0.29, 0.717) is 5.56 Å². The van der Waals surface area contributed by atoms with Crippen molar-refractivity contribution in [2.24, 2.45) is 0 Å². The van der Waals surface area contributed by atoms with E-state index < -0.39 is 12.1 Å². The number of ether oxygens (including phenoxy) is 1. The molecule has 1 aromatic carbocycles. The van der Waals surface area contributed by atoms with Gasteiger partial charge in [0.1, 0.15) is 5.75 Å². The highest BCUT2D eigenvalue weighted by Gasteiger charge is 2.39. The molecule has 4 rings (SSSR count). The van der Waals surface area contributed by atoms with Gasteiger partial charge in [-0.25, -0.2) is 4.79 Å². The number of benzene rings is 1. The minimum Gasteiger partial charge on any atom is -0.493 e. The Bertz CT molecular complexity index is 1080. The van der Waals surface area contributed by atoms with E-state index in [4.69, 9.17) is 14.6 Å². The number of halogens is 3. The van der Waals surface area contributed by atoms with Crippen LogP contribution in [-0.2, 0) is 11.2 Å². The molecule has 1 amide bonds. The van der Waals surface area contributed by atoms with Crippen LogP contribution in [0.5, 0.6) is 5.75 Å². The van der Waals surface area contributed by atoms with E-state index in [9.17, 15) is 18.0 Å². The van der Waals surface area contributed by atoms with Crippen LogP contribution in [0.25, 0.3) is 11.1 Å². The van der Waals surface area contributed by atoms with Crippen LogP contribution in [0.4, 0.5) is 13.2 Å². The van der Waals surface area contributed by atoms with Gasteiger partial charge in [-0.3, -0.25) is 9.78 Å². The van der Waals surface area contributed by atoms with E-state index in [-0.39, 0.29) is 23.0 Å². The van der Waals surface area contributed by atoms with Gasteiger partial charge in [-0.2, -0.15) is 13.2 Å². The van der Waals surface area contributed by atoms with Gasteiger partial charge in [-0.15, -0.1) is 0 Å². The molecule has 2 aliphatic heterocycles. The topological polar surface area (TPSA) is 101 Å². The summed E-state index contributed by atoms with van der Waals surface area (Å²) in [6.07, 6.45) is 1.11. The summed E-state index contributed by atoms with van der Waals surface area (Å²) in [6, 6.07) is 8.24. The van der Waals surface area contributed by atoms with Crippen molar-refractivity contribution >= 4 is 11.9 Å².